The third-order valence-corrected chi connectivity index (χ3v) is 1.30. The van der Waals surface area contributed by atoms with E-state index in [4.69, 9.17) is 0 Å². The fraction of sp³-hybridized carbons (Fsp3) is 0. The summed E-state index contributed by atoms with van der Waals surface area (Å²) < 4.78 is 0. The van der Waals surface area contributed by atoms with E-state index >= 15 is 0 Å². The second kappa shape index (κ2) is 5.32. The normalized spacial score (nSPS) is 9.07. The number of carboxylic acids is 1. The molecule has 0 aliphatic rings. The van der Waals surface area contributed by atoms with E-state index in [1.54, 1.807) is 4.98 Å². The second-order valence-corrected chi connectivity index (χ2v) is 2.18. The van der Waals surface area contributed by atoms with Crippen molar-refractivity contribution in [3.05, 3.63) is 36.6 Å². The number of H-pyrrole nitrogens is 2. The summed E-state index contributed by atoms with van der Waals surface area (Å²) in [4.78, 5) is 43.8. The average molecular weight is 239 g/mol. The van der Waals surface area contributed by atoms with Crippen LogP contribution in [0, 0.1) is 10.1 Å². The van der Waals surface area contributed by atoms with E-state index in [1.165, 1.54) is 4.98 Å². The van der Waals surface area contributed by atoms with E-state index in [0.29, 0.717) is 0 Å². The third kappa shape index (κ3) is 3.07. The van der Waals surface area contributed by atoms with Crippen molar-refractivity contribution in [3.8, 4) is 0 Å². The number of aromatic carboxylic acids is 1. The molecule has 0 saturated carbocycles. The van der Waals surface area contributed by atoms with E-state index in [1.807, 2.05) is 0 Å². The molecule has 0 aromatic carbocycles. The van der Waals surface area contributed by atoms with Crippen molar-refractivity contribution >= 4 is 11.7 Å². The maximum atomic E-state index is 10.8. The van der Waals surface area contributed by atoms with Gasteiger partial charge in [-0.15, -0.1) is 0 Å². The van der Waals surface area contributed by atoms with Gasteiger partial charge in [0.1, 0.15) is 0 Å². The maximum absolute atomic E-state index is 10.8. The quantitative estimate of drug-likeness (QED) is 0.298. The predicted octanol–water partition coefficient (Wildman–Crippen LogP) is -5.66. The summed E-state index contributed by atoms with van der Waals surface area (Å²) in [6, 6.07) is 0. The third-order valence-electron chi connectivity index (χ3n) is 1.30. The molecule has 0 amide bonds. The minimum absolute atomic E-state index is 0. The van der Waals surface area contributed by atoms with Crippen LogP contribution in [0.5, 0.6) is 0 Å². The topological polar surface area (TPSA) is 149 Å². The number of aromatic nitrogens is 2. The molecule has 0 atom stereocenters. The molecule has 0 spiro atoms. The number of nitrogens with one attached hydrogen (secondary N) is 2. The van der Waals surface area contributed by atoms with Crippen LogP contribution in [0.4, 0.5) is 5.69 Å². The zero-order chi connectivity index (χ0) is 10.9. The van der Waals surface area contributed by atoms with Gasteiger partial charge in [-0.1, -0.05) is 0 Å². The largest absolute Gasteiger partial charge is 1.00 e. The van der Waals surface area contributed by atoms with Crippen LogP contribution < -0.4 is 67.7 Å². The van der Waals surface area contributed by atoms with Gasteiger partial charge in [-0.05, 0) is 0 Å². The SMILES string of the molecule is O=C([O-])c1[nH]c(=O)[nH]c(=O)c1[N+](=O)[O-].[K+]. The summed E-state index contributed by atoms with van der Waals surface area (Å²) in [6.07, 6.45) is 0. The van der Waals surface area contributed by atoms with Crippen molar-refractivity contribution in [2.24, 2.45) is 0 Å². The van der Waals surface area contributed by atoms with E-state index in [9.17, 15) is 29.6 Å². The molecule has 0 bridgehead atoms. The molecular formula is C5H2KN3O6. The van der Waals surface area contributed by atoms with Gasteiger partial charge in [-0.3, -0.25) is 24.9 Å². The monoisotopic (exact) mass is 239 g/mol. The van der Waals surface area contributed by atoms with Gasteiger partial charge in [0.2, 0.25) is 0 Å². The summed E-state index contributed by atoms with van der Waals surface area (Å²) >= 11 is 0. The molecule has 1 heterocycles. The van der Waals surface area contributed by atoms with Gasteiger partial charge in [0.25, 0.3) is 0 Å². The van der Waals surface area contributed by atoms with E-state index < -0.39 is 33.5 Å². The van der Waals surface area contributed by atoms with E-state index in [-0.39, 0.29) is 51.4 Å². The molecular weight excluding hydrogens is 237 g/mol. The van der Waals surface area contributed by atoms with Crippen molar-refractivity contribution in [2.75, 3.05) is 0 Å². The van der Waals surface area contributed by atoms with Crippen LogP contribution >= 0.6 is 0 Å². The smallest absolute Gasteiger partial charge is 0.543 e. The first-order valence-corrected chi connectivity index (χ1v) is 3.16. The minimum atomic E-state index is -2.00. The molecule has 1 aromatic rings. The average Bonchev–Trinajstić information content (AvgIpc) is 2.01. The molecule has 0 radical (unpaired) electrons. The van der Waals surface area contributed by atoms with Crippen LogP contribution in [0.25, 0.3) is 0 Å². The summed E-state index contributed by atoms with van der Waals surface area (Å²) in [5.41, 5.74) is -4.95. The first-order chi connectivity index (χ1) is 6.43. The molecule has 15 heavy (non-hydrogen) atoms. The van der Waals surface area contributed by atoms with Gasteiger partial charge >= 0.3 is 68.3 Å². The van der Waals surface area contributed by atoms with Crippen molar-refractivity contribution in [1.82, 2.24) is 9.97 Å². The number of rotatable bonds is 2. The van der Waals surface area contributed by atoms with Crippen molar-refractivity contribution in [2.45, 2.75) is 0 Å². The number of nitro groups is 1. The van der Waals surface area contributed by atoms with Crippen LogP contribution in [0.2, 0.25) is 0 Å². The van der Waals surface area contributed by atoms with Gasteiger partial charge in [0, 0.05) is 0 Å². The predicted molar refractivity (Wildman–Crippen MR) is 38.7 cm³/mol. The molecule has 0 aliphatic heterocycles. The number of hydrogen-bond donors (Lipinski definition) is 2. The molecule has 1 rings (SSSR count). The Morgan fingerprint density at radius 1 is 1.27 bits per heavy atom. The minimum Gasteiger partial charge on any atom is -0.543 e. The Morgan fingerprint density at radius 3 is 2.20 bits per heavy atom. The molecule has 10 heteroatoms. The van der Waals surface area contributed by atoms with Crippen molar-refractivity contribution in [3.63, 3.8) is 0 Å². The number of carboxylic acid groups (broad SMARTS) is 1. The van der Waals surface area contributed by atoms with Crippen LogP contribution in [0.3, 0.4) is 0 Å². The van der Waals surface area contributed by atoms with Crippen molar-refractivity contribution in [1.29, 1.82) is 0 Å². The zero-order valence-corrected chi connectivity index (χ0v) is 10.5. The number of carbonyl (C=O) groups excluding carboxylic acids is 1. The van der Waals surface area contributed by atoms with Crippen LogP contribution in [-0.4, -0.2) is 20.9 Å². The first kappa shape index (κ1) is 14.2. The van der Waals surface area contributed by atoms with E-state index in [2.05, 4.69) is 0 Å². The fourth-order valence-electron chi connectivity index (χ4n) is 0.802. The Morgan fingerprint density at radius 2 is 1.80 bits per heavy atom. The Hall–Kier alpha value is -0.814. The Labute approximate surface area is 123 Å². The zero-order valence-electron chi connectivity index (χ0n) is 7.40. The molecule has 0 aliphatic carbocycles. The van der Waals surface area contributed by atoms with Gasteiger partial charge < -0.3 is 9.90 Å². The standard InChI is InChI=1S/C5H3N3O6.K/c9-3-2(8(13)14)1(4(10)11)6-5(12)7-3;/h(H,10,11)(H2,6,7,9,12);/q;+1/p-1. The first-order valence-electron chi connectivity index (χ1n) is 3.16. The Balaban J connectivity index is 0.00000196. The summed E-state index contributed by atoms with van der Waals surface area (Å²) in [5, 5.41) is 20.5. The second-order valence-electron chi connectivity index (χ2n) is 2.18. The summed E-state index contributed by atoms with van der Waals surface area (Å²) in [7, 11) is 0. The van der Waals surface area contributed by atoms with Crippen LogP contribution in [0.15, 0.2) is 9.59 Å². The molecule has 0 saturated heterocycles. The van der Waals surface area contributed by atoms with Gasteiger partial charge in [0.05, 0.1) is 10.9 Å². The van der Waals surface area contributed by atoms with Crippen LogP contribution in [0.1, 0.15) is 10.5 Å². The molecule has 1 aromatic heterocycles. The Kier molecular flexibility index (Phi) is 5.03. The Bertz CT molecular complexity index is 516. The van der Waals surface area contributed by atoms with Gasteiger partial charge in [-0.2, -0.15) is 0 Å². The molecule has 9 nitrogen and oxygen atoms in total. The number of nitrogens with zero attached hydrogens (tertiary/aromatic N) is 1. The summed E-state index contributed by atoms with van der Waals surface area (Å²) in [6.45, 7) is 0. The number of aromatic amines is 2. The van der Waals surface area contributed by atoms with E-state index in [0.717, 1.165) is 0 Å². The molecule has 0 fully saturated rings. The number of hydrogen-bond acceptors (Lipinski definition) is 6. The van der Waals surface area contributed by atoms with Gasteiger partial charge in [-0.25, -0.2) is 4.79 Å². The maximum Gasteiger partial charge on any atom is 1.00 e. The fourth-order valence-corrected chi connectivity index (χ4v) is 0.802. The van der Waals surface area contributed by atoms with Crippen LogP contribution in [-0.2, 0) is 0 Å². The van der Waals surface area contributed by atoms with Gasteiger partial charge in [0.15, 0.2) is 5.69 Å². The molecule has 0 unspecified atom stereocenters. The molecule has 74 valence electrons. The molecule has 2 N–H and O–H groups in total. The van der Waals surface area contributed by atoms with Crippen molar-refractivity contribution < 1.29 is 66.2 Å². The summed E-state index contributed by atoms with van der Waals surface area (Å²) in [5.74, 6) is -2.00. The number of carbonyl (C=O) groups is 1.